The molecule has 2 rings (SSSR count). The summed E-state index contributed by atoms with van der Waals surface area (Å²) in [4.78, 5) is 11.9. The molecule has 2 aromatic carbocycles. The van der Waals surface area contributed by atoms with Crippen molar-refractivity contribution in [1.82, 2.24) is 0 Å². The van der Waals surface area contributed by atoms with Crippen molar-refractivity contribution in [3.63, 3.8) is 0 Å². The number of hydrogen-bond donors (Lipinski definition) is 1. The number of nitrogens with one attached hydrogen (secondary N) is 1. The van der Waals surface area contributed by atoms with Gasteiger partial charge in [0.15, 0.2) is 0 Å². The number of hydrogen-bond acceptors (Lipinski definition) is 1. The van der Waals surface area contributed by atoms with Crippen molar-refractivity contribution in [1.29, 1.82) is 0 Å². The van der Waals surface area contributed by atoms with Gasteiger partial charge in [-0.3, -0.25) is 4.79 Å². The van der Waals surface area contributed by atoms with E-state index in [1.165, 1.54) is 12.1 Å². The summed E-state index contributed by atoms with van der Waals surface area (Å²) in [5.74, 6) is -2.00. The second-order valence-corrected chi connectivity index (χ2v) is 5.00. The number of amides is 1. The number of halogens is 4. The second kappa shape index (κ2) is 5.67. The third-order valence-electron chi connectivity index (χ3n) is 2.30. The Bertz CT molecular complexity index is 628. The smallest absolute Gasteiger partial charge is 0.255 e. The number of rotatable bonds is 2. The van der Waals surface area contributed by atoms with E-state index in [1.807, 2.05) is 0 Å². The highest BCUT2D eigenvalue weighted by Crippen LogP contribution is 2.24. The molecule has 0 saturated heterocycles. The highest BCUT2D eigenvalue weighted by atomic mass is 79.9. The minimum atomic E-state index is -0.757. The van der Waals surface area contributed by atoms with Crippen LogP contribution < -0.4 is 5.32 Å². The van der Waals surface area contributed by atoms with Crippen LogP contribution in [-0.4, -0.2) is 5.91 Å². The van der Waals surface area contributed by atoms with E-state index < -0.39 is 17.5 Å². The number of benzene rings is 2. The summed E-state index contributed by atoms with van der Waals surface area (Å²) in [6, 6.07) is 7.38. The molecule has 2 nitrogen and oxygen atoms in total. The van der Waals surface area contributed by atoms with E-state index >= 15 is 0 Å². The minimum Gasteiger partial charge on any atom is -0.322 e. The van der Waals surface area contributed by atoms with Gasteiger partial charge in [-0.15, -0.1) is 0 Å². The summed E-state index contributed by atoms with van der Waals surface area (Å²) in [6.07, 6.45) is 0. The van der Waals surface area contributed by atoms with Gasteiger partial charge >= 0.3 is 0 Å². The molecule has 2 aromatic rings. The van der Waals surface area contributed by atoms with Crippen molar-refractivity contribution in [2.24, 2.45) is 0 Å². The number of carbonyl (C=O) groups is 1. The van der Waals surface area contributed by atoms with Crippen LogP contribution in [0.15, 0.2) is 40.9 Å². The van der Waals surface area contributed by atoms with Crippen LogP contribution in [0.1, 0.15) is 10.4 Å². The molecule has 98 valence electrons. The van der Waals surface area contributed by atoms with Crippen LogP contribution in [0.3, 0.4) is 0 Å². The summed E-state index contributed by atoms with van der Waals surface area (Å²) in [6.45, 7) is 0. The van der Waals surface area contributed by atoms with Crippen LogP contribution in [0.2, 0.25) is 5.02 Å². The molecule has 0 atom stereocenters. The SMILES string of the molecule is O=C(Nc1cc(F)cc(F)c1)c1ccc(Cl)c(Br)c1. The summed E-state index contributed by atoms with van der Waals surface area (Å²) >= 11 is 9.00. The third-order valence-corrected chi connectivity index (χ3v) is 3.52. The van der Waals surface area contributed by atoms with Gasteiger partial charge in [0.2, 0.25) is 0 Å². The van der Waals surface area contributed by atoms with Crippen LogP contribution in [0, 0.1) is 11.6 Å². The lowest BCUT2D eigenvalue weighted by Gasteiger charge is -2.06. The monoisotopic (exact) mass is 345 g/mol. The molecule has 1 amide bonds. The Morgan fingerprint density at radius 2 is 1.74 bits per heavy atom. The molecule has 0 aliphatic rings. The molecule has 0 aromatic heterocycles. The van der Waals surface area contributed by atoms with E-state index in [9.17, 15) is 13.6 Å². The fourth-order valence-electron chi connectivity index (χ4n) is 1.47. The van der Waals surface area contributed by atoms with Crippen molar-refractivity contribution in [2.45, 2.75) is 0 Å². The van der Waals surface area contributed by atoms with E-state index in [1.54, 1.807) is 6.07 Å². The lowest BCUT2D eigenvalue weighted by Crippen LogP contribution is -2.12. The third kappa shape index (κ3) is 3.52. The normalized spacial score (nSPS) is 10.3. The van der Waals surface area contributed by atoms with Crippen LogP contribution >= 0.6 is 27.5 Å². The van der Waals surface area contributed by atoms with Crippen LogP contribution in [-0.2, 0) is 0 Å². The van der Waals surface area contributed by atoms with Gasteiger partial charge < -0.3 is 5.32 Å². The first-order valence-corrected chi connectivity index (χ1v) is 6.35. The highest BCUT2D eigenvalue weighted by molar-refractivity contribution is 9.10. The Balaban J connectivity index is 2.22. The molecule has 0 bridgehead atoms. The molecule has 0 spiro atoms. The van der Waals surface area contributed by atoms with Gasteiger partial charge in [-0.25, -0.2) is 8.78 Å². The number of carbonyl (C=O) groups excluding carboxylic acids is 1. The predicted molar refractivity (Wildman–Crippen MR) is 73.5 cm³/mol. The largest absolute Gasteiger partial charge is 0.322 e. The molecule has 0 unspecified atom stereocenters. The van der Waals surface area contributed by atoms with E-state index in [0.717, 1.165) is 18.2 Å². The van der Waals surface area contributed by atoms with Gasteiger partial charge in [0.25, 0.3) is 5.91 Å². The minimum absolute atomic E-state index is 0.0496. The Labute approximate surface area is 121 Å². The molecular weight excluding hydrogens is 340 g/mol. The zero-order valence-electron chi connectivity index (χ0n) is 9.38. The first-order valence-electron chi connectivity index (χ1n) is 5.18. The zero-order valence-corrected chi connectivity index (χ0v) is 11.7. The Morgan fingerprint density at radius 3 is 2.32 bits per heavy atom. The molecule has 0 fully saturated rings. The van der Waals surface area contributed by atoms with Crippen molar-refractivity contribution < 1.29 is 13.6 Å². The molecule has 0 radical (unpaired) electrons. The summed E-state index contributed by atoms with van der Waals surface area (Å²) in [5.41, 5.74) is 0.370. The molecule has 6 heteroatoms. The molecule has 1 N–H and O–H groups in total. The van der Waals surface area contributed by atoms with Crippen LogP contribution in [0.5, 0.6) is 0 Å². The van der Waals surface area contributed by atoms with Gasteiger partial charge in [0.05, 0.1) is 5.02 Å². The van der Waals surface area contributed by atoms with E-state index in [0.29, 0.717) is 15.1 Å². The quantitative estimate of drug-likeness (QED) is 0.844. The fraction of sp³-hybridized carbons (Fsp3) is 0. The maximum atomic E-state index is 13.0. The van der Waals surface area contributed by atoms with E-state index in [4.69, 9.17) is 11.6 Å². The van der Waals surface area contributed by atoms with Gasteiger partial charge in [-0.1, -0.05) is 11.6 Å². The van der Waals surface area contributed by atoms with Crippen LogP contribution in [0.25, 0.3) is 0 Å². The standard InChI is InChI=1S/C13H7BrClF2NO/c14-11-3-7(1-2-12(11)15)13(19)18-10-5-8(16)4-9(17)6-10/h1-6H,(H,18,19). The Morgan fingerprint density at radius 1 is 1.11 bits per heavy atom. The molecule has 0 aliphatic heterocycles. The van der Waals surface area contributed by atoms with Crippen molar-refractivity contribution in [2.75, 3.05) is 5.32 Å². The fourth-order valence-corrected chi connectivity index (χ4v) is 1.96. The number of anilines is 1. The van der Waals surface area contributed by atoms with E-state index in [2.05, 4.69) is 21.2 Å². The molecular formula is C13H7BrClF2NO. The second-order valence-electron chi connectivity index (χ2n) is 3.74. The summed E-state index contributed by atoms with van der Waals surface area (Å²) in [5, 5.41) is 2.87. The van der Waals surface area contributed by atoms with E-state index in [-0.39, 0.29) is 5.69 Å². The Kier molecular flexibility index (Phi) is 4.17. The Hall–Kier alpha value is -1.46. The maximum Gasteiger partial charge on any atom is 0.255 e. The first-order chi connectivity index (χ1) is 8.95. The highest BCUT2D eigenvalue weighted by Gasteiger charge is 2.09. The first kappa shape index (κ1) is 14.0. The van der Waals surface area contributed by atoms with Crippen molar-refractivity contribution >= 4 is 39.1 Å². The lowest BCUT2D eigenvalue weighted by molar-refractivity contribution is 0.102. The topological polar surface area (TPSA) is 29.1 Å². The maximum absolute atomic E-state index is 13.0. The van der Waals surface area contributed by atoms with Gasteiger partial charge in [-0.2, -0.15) is 0 Å². The predicted octanol–water partition coefficient (Wildman–Crippen LogP) is 4.63. The summed E-state index contributed by atoms with van der Waals surface area (Å²) < 4.78 is 26.5. The average Bonchev–Trinajstić information content (AvgIpc) is 2.31. The average molecular weight is 347 g/mol. The molecule has 0 saturated carbocycles. The molecule has 19 heavy (non-hydrogen) atoms. The summed E-state index contributed by atoms with van der Waals surface area (Å²) in [7, 11) is 0. The van der Waals surface area contributed by atoms with Gasteiger partial charge in [0.1, 0.15) is 11.6 Å². The lowest BCUT2D eigenvalue weighted by atomic mass is 10.2. The molecule has 0 heterocycles. The zero-order chi connectivity index (χ0) is 14.0. The van der Waals surface area contributed by atoms with Gasteiger partial charge in [0, 0.05) is 21.8 Å². The van der Waals surface area contributed by atoms with Crippen LogP contribution in [0.4, 0.5) is 14.5 Å². The van der Waals surface area contributed by atoms with Crippen molar-refractivity contribution in [3.8, 4) is 0 Å². The van der Waals surface area contributed by atoms with Crippen molar-refractivity contribution in [3.05, 3.63) is 63.1 Å². The molecule has 0 aliphatic carbocycles. The van der Waals surface area contributed by atoms with Gasteiger partial charge in [-0.05, 0) is 46.3 Å².